The first kappa shape index (κ1) is 23.9. The van der Waals surface area contributed by atoms with Crippen LogP contribution in [0, 0.1) is 5.82 Å². The van der Waals surface area contributed by atoms with Gasteiger partial charge < -0.3 is 16.0 Å². The fourth-order valence-electron chi connectivity index (χ4n) is 2.56. The van der Waals surface area contributed by atoms with E-state index < -0.39 is 0 Å². The third-order valence-corrected chi connectivity index (χ3v) is 3.98. The average molecular weight is 498 g/mol. The topological polar surface area (TPSA) is 65.5 Å². The third kappa shape index (κ3) is 8.69. The number of nitrogens with one attached hydrogen (secondary N) is 3. The Morgan fingerprint density at radius 2 is 1.75 bits per heavy atom. The van der Waals surface area contributed by atoms with E-state index in [1.165, 1.54) is 17.7 Å². The van der Waals surface area contributed by atoms with E-state index in [0.717, 1.165) is 12.1 Å². The molecule has 0 heterocycles. The third-order valence-electron chi connectivity index (χ3n) is 3.98. The molecule has 0 saturated carbocycles. The van der Waals surface area contributed by atoms with Gasteiger partial charge in [-0.25, -0.2) is 4.39 Å². The Kier molecular flexibility index (Phi) is 11.2. The van der Waals surface area contributed by atoms with Gasteiger partial charge >= 0.3 is 0 Å². The van der Waals surface area contributed by atoms with Gasteiger partial charge in [0, 0.05) is 13.1 Å². The number of rotatable bonds is 8. The van der Waals surface area contributed by atoms with Gasteiger partial charge in [0.05, 0.1) is 19.0 Å². The molecule has 5 nitrogen and oxygen atoms in total. The number of hydrogen-bond donors (Lipinski definition) is 3. The Bertz CT molecular complexity index is 738. The quantitative estimate of drug-likeness (QED) is 0.226. The second kappa shape index (κ2) is 13.1. The molecule has 0 aliphatic rings. The molecule has 0 aromatic heterocycles. The van der Waals surface area contributed by atoms with E-state index >= 15 is 0 Å². The van der Waals surface area contributed by atoms with Crippen LogP contribution < -0.4 is 16.0 Å². The van der Waals surface area contributed by atoms with Crippen LogP contribution in [-0.4, -0.2) is 31.5 Å². The minimum Gasteiger partial charge on any atom is -0.357 e. The molecule has 2 aromatic rings. The summed E-state index contributed by atoms with van der Waals surface area (Å²) in [7, 11) is 0. The summed E-state index contributed by atoms with van der Waals surface area (Å²) in [6.45, 7) is 5.74. The first-order valence-electron chi connectivity index (χ1n) is 9.19. The molecule has 1 unspecified atom stereocenters. The van der Waals surface area contributed by atoms with Gasteiger partial charge in [-0.15, -0.1) is 24.0 Å². The van der Waals surface area contributed by atoms with Crippen LogP contribution in [0.3, 0.4) is 0 Å². The zero-order valence-corrected chi connectivity index (χ0v) is 18.6. The van der Waals surface area contributed by atoms with Crippen LogP contribution in [0.4, 0.5) is 4.39 Å². The number of carbonyl (C=O) groups excluding carboxylic acids is 1. The Morgan fingerprint density at radius 3 is 2.39 bits per heavy atom. The fraction of sp³-hybridized carbons (Fsp3) is 0.333. The second-order valence-corrected chi connectivity index (χ2v) is 6.19. The van der Waals surface area contributed by atoms with Crippen LogP contribution in [0.15, 0.2) is 59.6 Å². The van der Waals surface area contributed by atoms with Crippen molar-refractivity contribution in [1.82, 2.24) is 16.0 Å². The highest BCUT2D eigenvalue weighted by Gasteiger charge is 2.07. The van der Waals surface area contributed by atoms with E-state index in [-0.39, 0.29) is 48.2 Å². The Hall–Kier alpha value is -2.16. The molecule has 1 atom stereocenters. The molecule has 0 fully saturated rings. The number of benzene rings is 2. The van der Waals surface area contributed by atoms with Gasteiger partial charge in [-0.05, 0) is 37.1 Å². The van der Waals surface area contributed by atoms with Crippen LogP contribution in [0.1, 0.15) is 31.0 Å². The van der Waals surface area contributed by atoms with Crippen molar-refractivity contribution < 1.29 is 9.18 Å². The van der Waals surface area contributed by atoms with Gasteiger partial charge in [-0.3, -0.25) is 9.79 Å². The number of hydrogen-bond acceptors (Lipinski definition) is 2. The zero-order chi connectivity index (χ0) is 19.5. The van der Waals surface area contributed by atoms with Crippen LogP contribution in [0.5, 0.6) is 0 Å². The predicted octanol–water partition coefficient (Wildman–Crippen LogP) is 3.42. The summed E-state index contributed by atoms with van der Waals surface area (Å²) >= 11 is 0. The van der Waals surface area contributed by atoms with E-state index in [0.29, 0.717) is 19.0 Å². The van der Waals surface area contributed by atoms with Crippen molar-refractivity contribution in [2.24, 2.45) is 4.99 Å². The van der Waals surface area contributed by atoms with Gasteiger partial charge in [0.2, 0.25) is 5.91 Å². The molecule has 152 valence electrons. The summed E-state index contributed by atoms with van der Waals surface area (Å²) < 4.78 is 12.9. The summed E-state index contributed by atoms with van der Waals surface area (Å²) in [6, 6.07) is 16.2. The molecular weight excluding hydrogens is 470 g/mol. The van der Waals surface area contributed by atoms with Crippen LogP contribution >= 0.6 is 24.0 Å². The van der Waals surface area contributed by atoms with E-state index in [4.69, 9.17) is 0 Å². The van der Waals surface area contributed by atoms with Crippen molar-refractivity contribution in [1.29, 1.82) is 0 Å². The molecule has 0 radical (unpaired) electrons. The van der Waals surface area contributed by atoms with E-state index in [2.05, 4.69) is 40.0 Å². The van der Waals surface area contributed by atoms with Crippen molar-refractivity contribution in [2.75, 3.05) is 19.6 Å². The monoisotopic (exact) mass is 498 g/mol. The Labute approximate surface area is 183 Å². The average Bonchev–Trinajstić information content (AvgIpc) is 2.68. The molecule has 28 heavy (non-hydrogen) atoms. The van der Waals surface area contributed by atoms with Gasteiger partial charge in [0.1, 0.15) is 5.82 Å². The SMILES string of the molecule is CCNC(=NCCNC(=O)Cc1ccc(F)cc1)NC(C)c1ccccc1.I. The first-order chi connectivity index (χ1) is 13.1. The molecule has 3 N–H and O–H groups in total. The minimum absolute atomic E-state index is 0. The number of nitrogens with zero attached hydrogens (tertiary/aromatic N) is 1. The lowest BCUT2D eigenvalue weighted by Crippen LogP contribution is -2.39. The molecule has 0 aliphatic heterocycles. The second-order valence-electron chi connectivity index (χ2n) is 6.19. The zero-order valence-electron chi connectivity index (χ0n) is 16.2. The number of halogens is 2. The highest BCUT2D eigenvalue weighted by atomic mass is 127. The predicted molar refractivity (Wildman–Crippen MR) is 123 cm³/mol. The van der Waals surface area contributed by atoms with Crippen LogP contribution in [-0.2, 0) is 11.2 Å². The van der Waals surface area contributed by atoms with Gasteiger partial charge in [0.15, 0.2) is 5.96 Å². The molecule has 7 heteroatoms. The molecule has 0 bridgehead atoms. The summed E-state index contributed by atoms with van der Waals surface area (Å²) in [6.07, 6.45) is 0.230. The van der Waals surface area contributed by atoms with Crippen molar-refractivity contribution in [3.63, 3.8) is 0 Å². The van der Waals surface area contributed by atoms with Gasteiger partial charge in [-0.1, -0.05) is 42.5 Å². The lowest BCUT2D eigenvalue weighted by Gasteiger charge is -2.18. The van der Waals surface area contributed by atoms with E-state index in [9.17, 15) is 9.18 Å². The van der Waals surface area contributed by atoms with Gasteiger partial charge in [-0.2, -0.15) is 0 Å². The Morgan fingerprint density at radius 1 is 1.07 bits per heavy atom. The Balaban J connectivity index is 0.00000392. The number of guanidine groups is 1. The lowest BCUT2D eigenvalue weighted by atomic mass is 10.1. The summed E-state index contributed by atoms with van der Waals surface area (Å²) in [5.41, 5.74) is 1.96. The van der Waals surface area contributed by atoms with E-state index in [1.54, 1.807) is 12.1 Å². The van der Waals surface area contributed by atoms with Crippen LogP contribution in [0.25, 0.3) is 0 Å². The lowest BCUT2D eigenvalue weighted by molar-refractivity contribution is -0.120. The molecule has 0 aliphatic carbocycles. The van der Waals surface area contributed by atoms with Crippen molar-refractivity contribution in [3.8, 4) is 0 Å². The largest absolute Gasteiger partial charge is 0.357 e. The molecule has 2 aromatic carbocycles. The minimum atomic E-state index is -0.304. The number of aliphatic imine (C=N–C) groups is 1. The van der Waals surface area contributed by atoms with Gasteiger partial charge in [0.25, 0.3) is 0 Å². The molecule has 1 amide bonds. The number of carbonyl (C=O) groups is 1. The smallest absolute Gasteiger partial charge is 0.224 e. The summed E-state index contributed by atoms with van der Waals surface area (Å²) in [5.74, 6) is 0.302. The number of amides is 1. The molecule has 2 rings (SSSR count). The highest BCUT2D eigenvalue weighted by Crippen LogP contribution is 2.10. The normalized spacial score (nSPS) is 11.9. The maximum Gasteiger partial charge on any atom is 0.224 e. The summed E-state index contributed by atoms with van der Waals surface area (Å²) in [4.78, 5) is 16.4. The maximum atomic E-state index is 12.9. The highest BCUT2D eigenvalue weighted by molar-refractivity contribution is 14.0. The van der Waals surface area contributed by atoms with Crippen LogP contribution in [0.2, 0.25) is 0 Å². The molecule has 0 spiro atoms. The van der Waals surface area contributed by atoms with Crippen molar-refractivity contribution in [2.45, 2.75) is 26.3 Å². The standard InChI is InChI=1S/C21H27FN4O.HI/c1-3-23-21(26-16(2)18-7-5-4-6-8-18)25-14-13-24-20(27)15-17-9-11-19(22)12-10-17;/h4-12,16H,3,13-15H2,1-2H3,(H,24,27)(H2,23,25,26);1H. The van der Waals surface area contributed by atoms with Crippen molar-refractivity contribution in [3.05, 3.63) is 71.5 Å². The first-order valence-corrected chi connectivity index (χ1v) is 9.19. The summed E-state index contributed by atoms with van der Waals surface area (Å²) in [5, 5.41) is 9.40. The maximum absolute atomic E-state index is 12.9. The molecule has 0 saturated heterocycles. The molecular formula is C21H28FIN4O. The fourth-order valence-corrected chi connectivity index (χ4v) is 2.56. The van der Waals surface area contributed by atoms with Crippen molar-refractivity contribution >= 4 is 35.8 Å². The van der Waals surface area contributed by atoms with E-state index in [1.807, 2.05) is 25.1 Å².